The number of benzene rings is 1. The standard InChI is InChI=1S/C17H24ClN3O/c1-13(15-10-19-11-15)17(22)21-8-6-20(7-9-21)12-14-2-4-16(18)5-3-14/h2-5,13,15,19H,6-12H2,1H3. The van der Waals surface area contributed by atoms with Crippen LogP contribution in [0.3, 0.4) is 0 Å². The number of nitrogens with zero attached hydrogens (tertiary/aromatic N) is 2. The lowest BCUT2D eigenvalue weighted by molar-refractivity contribution is -0.139. The van der Waals surface area contributed by atoms with Crippen molar-refractivity contribution < 1.29 is 4.79 Å². The Kier molecular flexibility index (Phi) is 5.01. The molecule has 1 N–H and O–H groups in total. The van der Waals surface area contributed by atoms with Crippen LogP contribution in [0.1, 0.15) is 12.5 Å². The maximum Gasteiger partial charge on any atom is 0.225 e. The summed E-state index contributed by atoms with van der Waals surface area (Å²) in [6.07, 6.45) is 0. The number of nitrogens with one attached hydrogen (secondary N) is 1. The summed E-state index contributed by atoms with van der Waals surface area (Å²) in [6, 6.07) is 8.02. The lowest BCUT2D eigenvalue weighted by Gasteiger charge is -2.39. The van der Waals surface area contributed by atoms with Gasteiger partial charge >= 0.3 is 0 Å². The maximum absolute atomic E-state index is 12.5. The minimum atomic E-state index is 0.157. The van der Waals surface area contributed by atoms with Crippen molar-refractivity contribution in [2.24, 2.45) is 11.8 Å². The summed E-state index contributed by atoms with van der Waals surface area (Å²) in [5, 5.41) is 4.03. The summed E-state index contributed by atoms with van der Waals surface area (Å²) < 4.78 is 0. The molecule has 1 unspecified atom stereocenters. The van der Waals surface area contributed by atoms with Gasteiger partial charge in [-0.1, -0.05) is 30.7 Å². The molecule has 2 aliphatic rings. The van der Waals surface area contributed by atoms with Gasteiger partial charge in [0.15, 0.2) is 0 Å². The van der Waals surface area contributed by atoms with Gasteiger partial charge in [0.1, 0.15) is 0 Å². The highest BCUT2D eigenvalue weighted by Gasteiger charge is 2.32. The van der Waals surface area contributed by atoms with Crippen LogP contribution in [0.4, 0.5) is 0 Å². The van der Waals surface area contributed by atoms with Crippen molar-refractivity contribution in [3.63, 3.8) is 0 Å². The third-order valence-corrected chi connectivity index (χ3v) is 5.17. The van der Waals surface area contributed by atoms with Gasteiger partial charge in [-0.15, -0.1) is 0 Å². The highest BCUT2D eigenvalue weighted by molar-refractivity contribution is 6.30. The molecule has 0 aromatic heterocycles. The van der Waals surface area contributed by atoms with Crippen LogP contribution in [0.25, 0.3) is 0 Å². The SMILES string of the molecule is CC(C(=O)N1CCN(Cc2ccc(Cl)cc2)CC1)C1CNC1. The first-order valence-corrected chi connectivity index (χ1v) is 8.47. The third-order valence-electron chi connectivity index (χ3n) is 4.91. The first-order valence-electron chi connectivity index (χ1n) is 8.10. The number of piperazine rings is 1. The molecule has 0 bridgehead atoms. The zero-order valence-corrected chi connectivity index (χ0v) is 13.9. The van der Waals surface area contributed by atoms with E-state index in [1.807, 2.05) is 17.0 Å². The molecule has 3 rings (SSSR count). The van der Waals surface area contributed by atoms with E-state index < -0.39 is 0 Å². The number of carbonyl (C=O) groups excluding carboxylic acids is 1. The van der Waals surface area contributed by atoms with Crippen LogP contribution < -0.4 is 5.32 Å². The van der Waals surface area contributed by atoms with Crippen molar-refractivity contribution in [2.75, 3.05) is 39.3 Å². The van der Waals surface area contributed by atoms with Crippen molar-refractivity contribution in [3.8, 4) is 0 Å². The normalized spacial score (nSPS) is 21.5. The van der Waals surface area contributed by atoms with Crippen LogP contribution in [0.2, 0.25) is 5.02 Å². The minimum absolute atomic E-state index is 0.157. The van der Waals surface area contributed by atoms with Gasteiger partial charge in [0.25, 0.3) is 0 Å². The average Bonchev–Trinajstić information content (AvgIpc) is 2.48. The van der Waals surface area contributed by atoms with E-state index in [1.165, 1.54) is 5.56 Å². The van der Waals surface area contributed by atoms with Crippen LogP contribution in [0, 0.1) is 11.8 Å². The van der Waals surface area contributed by atoms with Gasteiger partial charge in [0, 0.05) is 43.7 Å². The van der Waals surface area contributed by atoms with Gasteiger partial charge in [-0.2, -0.15) is 0 Å². The highest BCUT2D eigenvalue weighted by Crippen LogP contribution is 2.20. The number of halogens is 1. The molecular formula is C17H24ClN3O. The Morgan fingerprint density at radius 2 is 1.86 bits per heavy atom. The molecule has 1 amide bonds. The number of carbonyl (C=O) groups is 1. The largest absolute Gasteiger partial charge is 0.340 e. The fourth-order valence-corrected chi connectivity index (χ4v) is 3.25. The molecule has 1 aromatic rings. The summed E-state index contributed by atoms with van der Waals surface area (Å²) in [5.74, 6) is 1.02. The van der Waals surface area contributed by atoms with E-state index in [4.69, 9.17) is 11.6 Å². The van der Waals surface area contributed by atoms with Gasteiger partial charge in [0.2, 0.25) is 5.91 Å². The Balaban J connectivity index is 1.47. The molecule has 0 spiro atoms. The van der Waals surface area contributed by atoms with Gasteiger partial charge < -0.3 is 10.2 Å². The molecule has 1 atom stereocenters. The summed E-state index contributed by atoms with van der Waals surface area (Å²) in [6.45, 7) is 8.57. The lowest BCUT2D eigenvalue weighted by Crippen LogP contribution is -2.54. The number of hydrogen-bond donors (Lipinski definition) is 1. The van der Waals surface area contributed by atoms with E-state index in [2.05, 4.69) is 29.3 Å². The van der Waals surface area contributed by atoms with Crippen LogP contribution >= 0.6 is 11.6 Å². The average molecular weight is 322 g/mol. The molecule has 0 aliphatic carbocycles. The van der Waals surface area contributed by atoms with E-state index in [-0.39, 0.29) is 5.92 Å². The Bertz CT molecular complexity index is 507. The molecule has 1 aromatic carbocycles. The Morgan fingerprint density at radius 1 is 1.23 bits per heavy atom. The van der Waals surface area contributed by atoms with Crippen LogP contribution in [0.5, 0.6) is 0 Å². The highest BCUT2D eigenvalue weighted by atomic mass is 35.5. The van der Waals surface area contributed by atoms with Crippen molar-refractivity contribution in [1.29, 1.82) is 0 Å². The first-order chi connectivity index (χ1) is 10.6. The second kappa shape index (κ2) is 6.99. The zero-order chi connectivity index (χ0) is 15.5. The summed E-state index contributed by atoms with van der Waals surface area (Å²) in [5.41, 5.74) is 1.28. The van der Waals surface area contributed by atoms with E-state index >= 15 is 0 Å². The molecule has 2 aliphatic heterocycles. The van der Waals surface area contributed by atoms with Gasteiger partial charge in [-0.3, -0.25) is 9.69 Å². The minimum Gasteiger partial charge on any atom is -0.340 e. The van der Waals surface area contributed by atoms with Crippen LogP contribution in [-0.2, 0) is 11.3 Å². The Labute approximate surface area is 137 Å². The summed E-state index contributed by atoms with van der Waals surface area (Å²) >= 11 is 5.92. The van der Waals surface area contributed by atoms with Gasteiger partial charge in [-0.05, 0) is 36.7 Å². The predicted octanol–water partition coefficient (Wildman–Crippen LogP) is 1.84. The molecule has 22 heavy (non-hydrogen) atoms. The fraction of sp³-hybridized carbons (Fsp3) is 0.588. The van der Waals surface area contributed by atoms with Crippen molar-refractivity contribution in [2.45, 2.75) is 13.5 Å². The zero-order valence-electron chi connectivity index (χ0n) is 13.1. The quantitative estimate of drug-likeness (QED) is 0.919. The van der Waals surface area contributed by atoms with Crippen LogP contribution in [-0.4, -0.2) is 55.0 Å². The molecule has 0 radical (unpaired) electrons. The number of amides is 1. The molecule has 2 saturated heterocycles. The molecule has 0 saturated carbocycles. The predicted molar refractivity (Wildman–Crippen MR) is 88.8 cm³/mol. The second-order valence-corrected chi connectivity index (χ2v) is 6.87. The topological polar surface area (TPSA) is 35.6 Å². The second-order valence-electron chi connectivity index (χ2n) is 6.43. The van der Waals surface area contributed by atoms with E-state index in [9.17, 15) is 4.79 Å². The summed E-state index contributed by atoms with van der Waals surface area (Å²) in [7, 11) is 0. The smallest absolute Gasteiger partial charge is 0.225 e. The molecular weight excluding hydrogens is 298 g/mol. The van der Waals surface area contributed by atoms with Crippen molar-refractivity contribution in [3.05, 3.63) is 34.9 Å². The maximum atomic E-state index is 12.5. The van der Waals surface area contributed by atoms with Gasteiger partial charge in [-0.25, -0.2) is 0 Å². The molecule has 2 fully saturated rings. The van der Waals surface area contributed by atoms with E-state index in [1.54, 1.807) is 0 Å². The summed E-state index contributed by atoms with van der Waals surface area (Å²) in [4.78, 5) is 16.9. The molecule has 5 heteroatoms. The monoisotopic (exact) mass is 321 g/mol. The molecule has 4 nitrogen and oxygen atoms in total. The fourth-order valence-electron chi connectivity index (χ4n) is 3.13. The Hall–Kier alpha value is -1.10. The van der Waals surface area contributed by atoms with Crippen LogP contribution in [0.15, 0.2) is 24.3 Å². The number of hydrogen-bond acceptors (Lipinski definition) is 3. The van der Waals surface area contributed by atoms with E-state index in [0.29, 0.717) is 11.8 Å². The Morgan fingerprint density at radius 3 is 2.41 bits per heavy atom. The molecule has 120 valence electrons. The first kappa shape index (κ1) is 15.8. The van der Waals surface area contributed by atoms with Crippen molar-refractivity contribution in [1.82, 2.24) is 15.1 Å². The van der Waals surface area contributed by atoms with Gasteiger partial charge in [0.05, 0.1) is 0 Å². The van der Waals surface area contributed by atoms with E-state index in [0.717, 1.165) is 50.8 Å². The van der Waals surface area contributed by atoms with Crippen molar-refractivity contribution >= 4 is 17.5 Å². The number of rotatable bonds is 4. The molecule has 2 heterocycles. The lowest BCUT2D eigenvalue weighted by atomic mass is 9.88. The third kappa shape index (κ3) is 3.62.